The van der Waals surface area contributed by atoms with E-state index in [1.807, 2.05) is 17.9 Å². The van der Waals surface area contributed by atoms with Gasteiger partial charge in [0.15, 0.2) is 0 Å². The number of piperazine rings is 1. The van der Waals surface area contributed by atoms with Gasteiger partial charge in [0.05, 0.1) is 12.6 Å². The maximum absolute atomic E-state index is 11.6. The van der Waals surface area contributed by atoms with Crippen molar-refractivity contribution in [2.45, 2.75) is 13.0 Å². The second-order valence-corrected chi connectivity index (χ2v) is 4.32. The Morgan fingerprint density at radius 3 is 3.21 bits per heavy atom. The summed E-state index contributed by atoms with van der Waals surface area (Å²) in [4.78, 5) is 14.8. The highest BCUT2D eigenvalue weighted by atomic mass is 32.1. The molecule has 1 saturated heterocycles. The molecule has 1 fully saturated rings. The van der Waals surface area contributed by atoms with E-state index in [0.29, 0.717) is 6.54 Å². The van der Waals surface area contributed by atoms with Crippen molar-refractivity contribution in [3.8, 4) is 0 Å². The van der Waals surface area contributed by atoms with Crippen LogP contribution in [-0.4, -0.2) is 30.4 Å². The van der Waals surface area contributed by atoms with Crippen LogP contribution in [0.5, 0.6) is 0 Å². The average Bonchev–Trinajstić information content (AvgIpc) is 2.70. The summed E-state index contributed by atoms with van der Waals surface area (Å²) < 4.78 is 0. The maximum atomic E-state index is 11.6. The van der Waals surface area contributed by atoms with Crippen LogP contribution in [0.1, 0.15) is 17.8 Å². The number of likely N-dealkylation sites (N-methyl/N-ethyl adjacent to an activating group) is 1. The molecule has 1 N–H and O–H groups in total. The lowest BCUT2D eigenvalue weighted by atomic mass is 10.1. The topological polar surface area (TPSA) is 32.3 Å². The molecule has 1 aromatic heterocycles. The zero-order chi connectivity index (χ0) is 9.97. The molecule has 3 nitrogen and oxygen atoms in total. The molecular weight excluding hydrogens is 196 g/mol. The summed E-state index contributed by atoms with van der Waals surface area (Å²) in [6.07, 6.45) is 0. The van der Waals surface area contributed by atoms with Crippen LogP contribution in [0.25, 0.3) is 0 Å². The van der Waals surface area contributed by atoms with E-state index in [0.717, 1.165) is 13.1 Å². The second kappa shape index (κ2) is 4.11. The van der Waals surface area contributed by atoms with E-state index in [9.17, 15) is 4.79 Å². The number of carbonyl (C=O) groups is 1. The monoisotopic (exact) mass is 210 g/mol. The first kappa shape index (κ1) is 9.68. The summed E-state index contributed by atoms with van der Waals surface area (Å²) in [5.74, 6) is 0.206. The van der Waals surface area contributed by atoms with Crippen molar-refractivity contribution >= 4 is 17.2 Å². The van der Waals surface area contributed by atoms with E-state index < -0.39 is 0 Å². The first-order chi connectivity index (χ1) is 6.83. The number of thiophene rings is 1. The molecule has 0 spiro atoms. The Morgan fingerprint density at radius 2 is 2.57 bits per heavy atom. The standard InChI is InChI=1S/C10H14N2OS/c1-2-12-8(6-11-7-10(12)13)9-4-3-5-14-9/h3-5,8,11H,2,6-7H2,1H3. The molecule has 1 atom stereocenters. The van der Waals surface area contributed by atoms with Crippen LogP contribution in [0.3, 0.4) is 0 Å². The molecule has 0 radical (unpaired) electrons. The molecule has 2 heterocycles. The molecule has 1 aliphatic rings. The van der Waals surface area contributed by atoms with Gasteiger partial charge in [0.2, 0.25) is 5.91 Å². The van der Waals surface area contributed by atoms with Gasteiger partial charge in [-0.3, -0.25) is 4.79 Å². The Labute approximate surface area is 87.7 Å². The molecule has 14 heavy (non-hydrogen) atoms. The van der Waals surface area contributed by atoms with Crippen molar-refractivity contribution in [1.29, 1.82) is 0 Å². The number of nitrogens with zero attached hydrogens (tertiary/aromatic N) is 1. The molecule has 1 aliphatic heterocycles. The third-order valence-corrected chi connectivity index (χ3v) is 3.50. The van der Waals surface area contributed by atoms with E-state index in [1.54, 1.807) is 11.3 Å². The number of rotatable bonds is 2. The number of hydrogen-bond donors (Lipinski definition) is 1. The quantitative estimate of drug-likeness (QED) is 0.796. The van der Waals surface area contributed by atoms with Gasteiger partial charge in [0.25, 0.3) is 0 Å². The Kier molecular flexibility index (Phi) is 2.84. The van der Waals surface area contributed by atoms with Gasteiger partial charge in [-0.1, -0.05) is 6.07 Å². The minimum atomic E-state index is 0.206. The SMILES string of the molecule is CCN1C(=O)CNCC1c1cccs1. The first-order valence-corrected chi connectivity index (χ1v) is 5.74. The molecule has 1 amide bonds. The molecule has 1 unspecified atom stereocenters. The number of nitrogens with one attached hydrogen (secondary N) is 1. The molecule has 0 saturated carbocycles. The predicted molar refractivity (Wildman–Crippen MR) is 57.3 cm³/mol. The summed E-state index contributed by atoms with van der Waals surface area (Å²) in [7, 11) is 0. The fourth-order valence-electron chi connectivity index (χ4n) is 1.83. The molecule has 76 valence electrons. The Hall–Kier alpha value is -0.870. The fourth-order valence-corrected chi connectivity index (χ4v) is 2.67. The third kappa shape index (κ3) is 1.67. The number of carbonyl (C=O) groups excluding carboxylic acids is 1. The van der Waals surface area contributed by atoms with Crippen molar-refractivity contribution in [3.63, 3.8) is 0 Å². The molecule has 4 heteroatoms. The normalized spacial score (nSPS) is 22.8. The average molecular weight is 210 g/mol. The van der Waals surface area contributed by atoms with Crippen LogP contribution in [0, 0.1) is 0 Å². The van der Waals surface area contributed by atoms with Crippen molar-refractivity contribution in [3.05, 3.63) is 22.4 Å². The van der Waals surface area contributed by atoms with Crippen molar-refractivity contribution < 1.29 is 4.79 Å². The zero-order valence-corrected chi connectivity index (χ0v) is 9.01. The Morgan fingerprint density at radius 1 is 1.71 bits per heavy atom. The summed E-state index contributed by atoms with van der Waals surface area (Å²) in [6, 6.07) is 4.37. The van der Waals surface area contributed by atoms with Gasteiger partial charge in [-0.25, -0.2) is 0 Å². The zero-order valence-electron chi connectivity index (χ0n) is 8.19. The smallest absolute Gasteiger partial charge is 0.237 e. The molecule has 0 bridgehead atoms. The van der Waals surface area contributed by atoms with Crippen LogP contribution in [0.2, 0.25) is 0 Å². The Balaban J connectivity index is 2.20. The minimum absolute atomic E-state index is 0.206. The molecule has 0 aliphatic carbocycles. The van der Waals surface area contributed by atoms with Gasteiger partial charge in [-0.05, 0) is 18.4 Å². The van der Waals surface area contributed by atoms with Gasteiger partial charge >= 0.3 is 0 Å². The lowest BCUT2D eigenvalue weighted by Crippen LogP contribution is -2.49. The fraction of sp³-hybridized carbons (Fsp3) is 0.500. The summed E-state index contributed by atoms with van der Waals surface area (Å²) in [5, 5.41) is 5.21. The van der Waals surface area contributed by atoms with E-state index in [2.05, 4.69) is 16.8 Å². The minimum Gasteiger partial charge on any atom is -0.333 e. The molecule has 2 rings (SSSR count). The van der Waals surface area contributed by atoms with E-state index in [-0.39, 0.29) is 11.9 Å². The lowest BCUT2D eigenvalue weighted by molar-refractivity contribution is -0.134. The predicted octanol–water partition coefficient (Wildman–Crippen LogP) is 1.24. The lowest BCUT2D eigenvalue weighted by Gasteiger charge is -2.34. The van der Waals surface area contributed by atoms with Crippen LogP contribution in [0.4, 0.5) is 0 Å². The highest BCUT2D eigenvalue weighted by Crippen LogP contribution is 2.26. The third-order valence-electron chi connectivity index (χ3n) is 2.52. The van der Waals surface area contributed by atoms with Gasteiger partial charge in [-0.2, -0.15) is 0 Å². The molecule has 1 aromatic rings. The first-order valence-electron chi connectivity index (χ1n) is 4.86. The van der Waals surface area contributed by atoms with E-state index >= 15 is 0 Å². The number of hydrogen-bond acceptors (Lipinski definition) is 3. The van der Waals surface area contributed by atoms with Gasteiger partial charge in [-0.15, -0.1) is 11.3 Å². The van der Waals surface area contributed by atoms with Crippen molar-refractivity contribution in [1.82, 2.24) is 10.2 Å². The highest BCUT2D eigenvalue weighted by molar-refractivity contribution is 7.10. The van der Waals surface area contributed by atoms with E-state index in [4.69, 9.17) is 0 Å². The maximum Gasteiger partial charge on any atom is 0.237 e. The van der Waals surface area contributed by atoms with Gasteiger partial charge in [0.1, 0.15) is 0 Å². The Bertz CT molecular complexity index is 310. The van der Waals surface area contributed by atoms with E-state index in [1.165, 1.54) is 4.88 Å². The largest absolute Gasteiger partial charge is 0.333 e. The summed E-state index contributed by atoms with van der Waals surface area (Å²) in [5.41, 5.74) is 0. The number of amides is 1. The van der Waals surface area contributed by atoms with Crippen LogP contribution >= 0.6 is 11.3 Å². The van der Waals surface area contributed by atoms with Gasteiger partial charge < -0.3 is 10.2 Å². The molecular formula is C10H14N2OS. The summed E-state index contributed by atoms with van der Waals surface area (Å²) >= 11 is 1.72. The van der Waals surface area contributed by atoms with Crippen molar-refractivity contribution in [2.75, 3.05) is 19.6 Å². The van der Waals surface area contributed by atoms with Crippen LogP contribution in [0.15, 0.2) is 17.5 Å². The summed E-state index contributed by atoms with van der Waals surface area (Å²) in [6.45, 7) is 4.18. The van der Waals surface area contributed by atoms with Crippen LogP contribution in [-0.2, 0) is 4.79 Å². The van der Waals surface area contributed by atoms with Gasteiger partial charge in [0, 0.05) is 18.0 Å². The van der Waals surface area contributed by atoms with Crippen molar-refractivity contribution in [2.24, 2.45) is 0 Å². The highest BCUT2D eigenvalue weighted by Gasteiger charge is 2.27. The second-order valence-electron chi connectivity index (χ2n) is 3.34. The molecule has 0 aromatic carbocycles. The van der Waals surface area contributed by atoms with Crippen LogP contribution < -0.4 is 5.32 Å².